The number of anilines is 2. The van der Waals surface area contributed by atoms with Crippen LogP contribution >= 0.6 is 23.1 Å². The van der Waals surface area contributed by atoms with Gasteiger partial charge in [0.25, 0.3) is 5.78 Å². The highest BCUT2D eigenvalue weighted by Gasteiger charge is 2.20. The number of carbonyl (C=O) groups excluding carboxylic acids is 1. The fourth-order valence-electron chi connectivity index (χ4n) is 3.28. The lowest BCUT2D eigenvalue weighted by Gasteiger charge is -2.20. The number of amides is 1. The number of aromatic nitrogens is 5. The van der Waals surface area contributed by atoms with Crippen LogP contribution in [0.4, 0.5) is 10.8 Å². The van der Waals surface area contributed by atoms with Crippen molar-refractivity contribution in [2.45, 2.75) is 45.5 Å². The van der Waals surface area contributed by atoms with Crippen LogP contribution in [0.3, 0.4) is 0 Å². The Morgan fingerprint density at radius 3 is 2.67 bits per heavy atom. The summed E-state index contributed by atoms with van der Waals surface area (Å²) in [4.78, 5) is 27.7. The summed E-state index contributed by atoms with van der Waals surface area (Å²) in [6, 6.07) is 8.03. The minimum atomic E-state index is -0.0607. The van der Waals surface area contributed by atoms with Crippen molar-refractivity contribution in [3.05, 3.63) is 57.9 Å². The molecule has 0 atom stereocenters. The minimum Gasteiger partial charge on any atom is -0.274 e. The zero-order valence-electron chi connectivity index (χ0n) is 17.5. The van der Waals surface area contributed by atoms with E-state index >= 15 is 0 Å². The maximum absolute atomic E-state index is 12.4. The largest absolute Gasteiger partial charge is 0.274 e. The van der Waals surface area contributed by atoms with Crippen molar-refractivity contribution in [2.24, 2.45) is 0 Å². The van der Waals surface area contributed by atoms with Crippen LogP contribution in [0, 0.1) is 27.7 Å². The Morgan fingerprint density at radius 2 is 1.93 bits per heavy atom. The molecular formula is C21H22N6OS2. The molecule has 0 saturated carbocycles. The van der Waals surface area contributed by atoms with Crippen molar-refractivity contribution in [1.29, 1.82) is 0 Å². The molecule has 0 aliphatic heterocycles. The van der Waals surface area contributed by atoms with Crippen molar-refractivity contribution in [1.82, 2.24) is 24.6 Å². The van der Waals surface area contributed by atoms with Gasteiger partial charge in [0.15, 0.2) is 5.13 Å². The molecule has 30 heavy (non-hydrogen) atoms. The van der Waals surface area contributed by atoms with E-state index in [0.717, 1.165) is 33.9 Å². The van der Waals surface area contributed by atoms with Crippen LogP contribution in [-0.4, -0.2) is 30.5 Å². The second kappa shape index (κ2) is 8.16. The first-order valence-corrected chi connectivity index (χ1v) is 11.3. The molecule has 1 aromatic carbocycles. The van der Waals surface area contributed by atoms with Crippen LogP contribution in [0.25, 0.3) is 5.78 Å². The lowest BCUT2D eigenvalue weighted by atomic mass is 10.1. The highest BCUT2D eigenvalue weighted by Crippen LogP contribution is 2.33. The van der Waals surface area contributed by atoms with Gasteiger partial charge in [-0.3, -0.25) is 9.69 Å². The van der Waals surface area contributed by atoms with Crippen LogP contribution in [0.2, 0.25) is 0 Å². The number of fused-ring (bicyclic) bond motifs is 1. The number of thiazole rings is 1. The van der Waals surface area contributed by atoms with Gasteiger partial charge in [0, 0.05) is 29.4 Å². The zero-order chi connectivity index (χ0) is 21.4. The van der Waals surface area contributed by atoms with E-state index < -0.39 is 0 Å². The maximum Gasteiger partial charge on any atom is 0.253 e. The van der Waals surface area contributed by atoms with Gasteiger partial charge in [0.2, 0.25) is 11.1 Å². The number of thioether (sulfide) groups is 1. The molecule has 9 heteroatoms. The quantitative estimate of drug-likeness (QED) is 0.417. The maximum atomic E-state index is 12.4. The molecule has 4 rings (SSSR count). The second-order valence-corrected chi connectivity index (χ2v) is 8.98. The third-order valence-electron chi connectivity index (χ3n) is 4.59. The topological polar surface area (TPSA) is 76.3 Å². The molecule has 7 nitrogen and oxygen atoms in total. The van der Waals surface area contributed by atoms with Crippen molar-refractivity contribution in [3.63, 3.8) is 0 Å². The summed E-state index contributed by atoms with van der Waals surface area (Å²) in [5.74, 6) is 1.16. The molecule has 0 aliphatic rings. The molecule has 3 heterocycles. The van der Waals surface area contributed by atoms with Crippen LogP contribution < -0.4 is 4.90 Å². The fourth-order valence-corrected chi connectivity index (χ4v) is 4.97. The van der Waals surface area contributed by atoms with E-state index in [2.05, 4.69) is 21.1 Å². The summed E-state index contributed by atoms with van der Waals surface area (Å²) in [6.07, 6.45) is 0. The lowest BCUT2D eigenvalue weighted by molar-refractivity contribution is -0.115. The van der Waals surface area contributed by atoms with Gasteiger partial charge in [0.1, 0.15) is 0 Å². The highest BCUT2D eigenvalue weighted by molar-refractivity contribution is 7.98. The number of aryl methyl sites for hydroxylation is 4. The van der Waals surface area contributed by atoms with E-state index in [0.29, 0.717) is 21.8 Å². The average Bonchev–Trinajstić information content (AvgIpc) is 3.29. The van der Waals surface area contributed by atoms with Gasteiger partial charge in [0.05, 0.1) is 11.4 Å². The lowest BCUT2D eigenvalue weighted by Crippen LogP contribution is -2.23. The van der Waals surface area contributed by atoms with Crippen LogP contribution in [0.15, 0.2) is 34.8 Å². The third-order valence-corrected chi connectivity index (χ3v) is 6.33. The number of hydrogen-bond acceptors (Lipinski definition) is 7. The number of nitrogens with zero attached hydrogens (tertiary/aromatic N) is 6. The molecule has 154 valence electrons. The molecule has 1 amide bonds. The van der Waals surface area contributed by atoms with E-state index in [1.54, 1.807) is 16.3 Å². The average molecular weight is 439 g/mol. The Hall–Kier alpha value is -2.78. The SMILES string of the molecule is CC(=O)N(c1nc(CSc2nc3nc(C)cc(C)n3n2)cs1)c1ccc(C)cc1C. The first-order valence-electron chi connectivity index (χ1n) is 9.48. The van der Waals surface area contributed by atoms with Gasteiger partial charge in [-0.05, 0) is 45.4 Å². The van der Waals surface area contributed by atoms with E-state index in [1.807, 2.05) is 51.3 Å². The zero-order valence-corrected chi connectivity index (χ0v) is 19.1. The highest BCUT2D eigenvalue weighted by atomic mass is 32.2. The predicted octanol–water partition coefficient (Wildman–Crippen LogP) is 4.79. The van der Waals surface area contributed by atoms with Crippen LogP contribution in [0.5, 0.6) is 0 Å². The van der Waals surface area contributed by atoms with E-state index in [9.17, 15) is 4.79 Å². The number of rotatable bonds is 5. The Balaban J connectivity index is 1.54. The van der Waals surface area contributed by atoms with Gasteiger partial charge in [-0.1, -0.05) is 29.5 Å². The van der Waals surface area contributed by atoms with E-state index in [1.165, 1.54) is 23.1 Å². The molecule has 0 fully saturated rings. The Kier molecular flexibility index (Phi) is 5.57. The van der Waals surface area contributed by atoms with Crippen LogP contribution in [-0.2, 0) is 10.5 Å². The Labute approximate surface area is 183 Å². The Morgan fingerprint density at radius 1 is 1.13 bits per heavy atom. The van der Waals surface area contributed by atoms with Crippen LogP contribution in [0.1, 0.15) is 35.1 Å². The molecule has 0 saturated heterocycles. The summed E-state index contributed by atoms with van der Waals surface area (Å²) < 4.78 is 1.75. The number of hydrogen-bond donors (Lipinski definition) is 0. The van der Waals surface area contributed by atoms with Crippen molar-refractivity contribution < 1.29 is 4.79 Å². The molecule has 0 radical (unpaired) electrons. The molecular weight excluding hydrogens is 416 g/mol. The predicted molar refractivity (Wildman–Crippen MR) is 121 cm³/mol. The first-order chi connectivity index (χ1) is 14.3. The number of benzene rings is 1. The standard InChI is InChI=1S/C21H22N6OS2/c1-12-6-7-18(13(2)8-12)26(16(5)28)21-23-17(11-30-21)10-29-20-24-19-22-14(3)9-15(4)27(19)25-20/h6-9,11H,10H2,1-5H3. The summed E-state index contributed by atoms with van der Waals surface area (Å²) >= 11 is 2.97. The molecule has 0 aliphatic carbocycles. The molecule has 3 aromatic heterocycles. The summed E-state index contributed by atoms with van der Waals surface area (Å²) in [5, 5.41) is 7.82. The smallest absolute Gasteiger partial charge is 0.253 e. The van der Waals surface area contributed by atoms with Gasteiger partial charge in [-0.2, -0.15) is 4.98 Å². The van der Waals surface area contributed by atoms with Gasteiger partial charge in [-0.15, -0.1) is 16.4 Å². The third kappa shape index (κ3) is 4.08. The minimum absolute atomic E-state index is 0.0607. The first kappa shape index (κ1) is 20.5. The second-order valence-electron chi connectivity index (χ2n) is 7.20. The van der Waals surface area contributed by atoms with Gasteiger partial charge < -0.3 is 0 Å². The number of carbonyl (C=O) groups is 1. The molecule has 0 spiro atoms. The monoisotopic (exact) mass is 438 g/mol. The fraction of sp³-hybridized carbons (Fsp3) is 0.286. The molecule has 0 bridgehead atoms. The van der Waals surface area contributed by atoms with Crippen molar-refractivity contribution >= 4 is 45.6 Å². The van der Waals surface area contributed by atoms with E-state index in [-0.39, 0.29) is 5.91 Å². The summed E-state index contributed by atoms with van der Waals surface area (Å²) in [6.45, 7) is 9.55. The van der Waals surface area contributed by atoms with Gasteiger partial charge >= 0.3 is 0 Å². The molecule has 0 unspecified atom stereocenters. The molecule has 4 aromatic rings. The summed E-state index contributed by atoms with van der Waals surface area (Å²) in [5.41, 5.74) is 5.87. The van der Waals surface area contributed by atoms with Crippen molar-refractivity contribution in [2.75, 3.05) is 4.90 Å². The van der Waals surface area contributed by atoms with Crippen molar-refractivity contribution in [3.8, 4) is 0 Å². The molecule has 0 N–H and O–H groups in total. The normalized spacial score (nSPS) is 11.2. The van der Waals surface area contributed by atoms with E-state index in [4.69, 9.17) is 4.98 Å². The Bertz CT molecular complexity index is 1250. The van der Waals surface area contributed by atoms with Gasteiger partial charge in [-0.25, -0.2) is 14.5 Å². The summed E-state index contributed by atoms with van der Waals surface area (Å²) in [7, 11) is 0.